The predicted molar refractivity (Wildman–Crippen MR) is 84.6 cm³/mol. The second-order valence-corrected chi connectivity index (χ2v) is 6.76. The highest BCUT2D eigenvalue weighted by Gasteiger charge is 2.17. The highest BCUT2D eigenvalue weighted by Crippen LogP contribution is 2.16. The smallest absolute Gasteiger partial charge is 0.230 e. The summed E-state index contributed by atoms with van der Waals surface area (Å²) in [7, 11) is 0. The molecule has 0 aliphatic rings. The van der Waals surface area contributed by atoms with Crippen molar-refractivity contribution in [2.75, 3.05) is 5.75 Å². The molecule has 1 N–H and O–H groups in total. The van der Waals surface area contributed by atoms with Crippen molar-refractivity contribution < 1.29 is 4.79 Å². The van der Waals surface area contributed by atoms with Crippen LogP contribution in [0.2, 0.25) is 0 Å². The van der Waals surface area contributed by atoms with Gasteiger partial charge in [-0.05, 0) is 39.7 Å². The molecule has 2 nitrogen and oxygen atoms in total. The van der Waals surface area contributed by atoms with Crippen LogP contribution in [0.15, 0.2) is 18.2 Å². The van der Waals surface area contributed by atoms with Gasteiger partial charge in [-0.25, -0.2) is 0 Å². The summed E-state index contributed by atoms with van der Waals surface area (Å²) in [5.74, 6) is 1.54. The van der Waals surface area contributed by atoms with Crippen LogP contribution in [-0.2, 0) is 10.5 Å². The Hall–Kier alpha value is -0.960. The lowest BCUT2D eigenvalue weighted by atomic mass is 10.0. The molecule has 19 heavy (non-hydrogen) atoms. The summed E-state index contributed by atoms with van der Waals surface area (Å²) in [5, 5.41) is 3.06. The van der Waals surface area contributed by atoms with E-state index in [1.54, 1.807) is 11.8 Å². The van der Waals surface area contributed by atoms with Gasteiger partial charge in [-0.3, -0.25) is 4.79 Å². The number of hydrogen-bond acceptors (Lipinski definition) is 2. The Labute approximate surface area is 121 Å². The van der Waals surface area contributed by atoms with Gasteiger partial charge in [-0.15, -0.1) is 11.8 Å². The molecular formula is C16H25NOS. The molecule has 1 aromatic carbocycles. The lowest BCUT2D eigenvalue weighted by Gasteiger charge is -2.24. The zero-order valence-electron chi connectivity index (χ0n) is 12.7. The van der Waals surface area contributed by atoms with Crippen molar-refractivity contribution in [3.63, 3.8) is 0 Å². The molecule has 0 aromatic heterocycles. The minimum absolute atomic E-state index is 0.0996. The summed E-state index contributed by atoms with van der Waals surface area (Å²) in [5.41, 5.74) is 3.77. The summed E-state index contributed by atoms with van der Waals surface area (Å²) in [6, 6.07) is 6.55. The van der Waals surface area contributed by atoms with E-state index in [2.05, 4.69) is 58.1 Å². The molecule has 106 valence electrons. The molecule has 0 saturated carbocycles. The van der Waals surface area contributed by atoms with Crippen molar-refractivity contribution in [3.8, 4) is 0 Å². The second kappa shape index (κ2) is 6.99. The number of nitrogens with one attached hydrogen (secondary N) is 1. The van der Waals surface area contributed by atoms with Crippen LogP contribution in [0.3, 0.4) is 0 Å². The van der Waals surface area contributed by atoms with Crippen LogP contribution < -0.4 is 5.32 Å². The minimum atomic E-state index is -0.0996. The molecule has 0 unspecified atom stereocenters. The number of amides is 1. The van der Waals surface area contributed by atoms with Gasteiger partial charge in [0.15, 0.2) is 0 Å². The van der Waals surface area contributed by atoms with Crippen LogP contribution >= 0.6 is 11.8 Å². The Morgan fingerprint density at radius 1 is 1.21 bits per heavy atom. The van der Waals surface area contributed by atoms with E-state index < -0.39 is 0 Å². The lowest BCUT2D eigenvalue weighted by molar-refractivity contribution is -0.120. The van der Waals surface area contributed by atoms with Gasteiger partial charge in [0.1, 0.15) is 0 Å². The topological polar surface area (TPSA) is 29.1 Å². The van der Waals surface area contributed by atoms with Gasteiger partial charge in [0.25, 0.3) is 0 Å². The highest BCUT2D eigenvalue weighted by molar-refractivity contribution is 7.99. The number of aryl methyl sites for hydroxylation is 2. The van der Waals surface area contributed by atoms with E-state index in [0.717, 1.165) is 12.2 Å². The zero-order chi connectivity index (χ0) is 14.5. The molecule has 3 heteroatoms. The molecule has 1 amide bonds. The summed E-state index contributed by atoms with van der Waals surface area (Å²) >= 11 is 1.67. The largest absolute Gasteiger partial charge is 0.351 e. The quantitative estimate of drug-likeness (QED) is 0.857. The van der Waals surface area contributed by atoms with Crippen LogP contribution in [0.5, 0.6) is 0 Å². The summed E-state index contributed by atoms with van der Waals surface area (Å²) in [6.07, 6.45) is 0.945. The molecule has 0 radical (unpaired) electrons. The normalized spacial score (nSPS) is 11.4. The molecule has 1 aromatic rings. The Bertz CT molecular complexity index is 420. The summed E-state index contributed by atoms with van der Waals surface area (Å²) in [6.45, 7) is 10.4. The lowest BCUT2D eigenvalue weighted by Crippen LogP contribution is -2.43. The van der Waals surface area contributed by atoms with Gasteiger partial charge in [0, 0.05) is 11.3 Å². The van der Waals surface area contributed by atoms with Crippen molar-refractivity contribution in [3.05, 3.63) is 34.9 Å². The van der Waals surface area contributed by atoms with E-state index in [-0.39, 0.29) is 11.4 Å². The van der Waals surface area contributed by atoms with E-state index in [1.807, 2.05) is 0 Å². The molecule has 0 spiro atoms. The SMILES string of the molecule is CCC(C)(C)NC(=O)CSCc1cc(C)cc(C)c1. The first-order valence-corrected chi connectivity index (χ1v) is 7.94. The van der Waals surface area contributed by atoms with Gasteiger partial charge in [0.2, 0.25) is 5.91 Å². The number of carbonyl (C=O) groups excluding carboxylic acids is 1. The molecule has 0 bridgehead atoms. The van der Waals surface area contributed by atoms with Gasteiger partial charge < -0.3 is 5.32 Å². The Balaban J connectivity index is 2.40. The maximum absolute atomic E-state index is 11.8. The third-order valence-electron chi connectivity index (χ3n) is 3.15. The van der Waals surface area contributed by atoms with E-state index in [4.69, 9.17) is 0 Å². The molecular weight excluding hydrogens is 254 g/mol. The first-order chi connectivity index (χ1) is 8.82. The molecule has 0 fully saturated rings. The van der Waals surface area contributed by atoms with Crippen LogP contribution in [0.25, 0.3) is 0 Å². The molecule has 0 atom stereocenters. The third-order valence-corrected chi connectivity index (χ3v) is 4.15. The molecule has 0 saturated heterocycles. The highest BCUT2D eigenvalue weighted by atomic mass is 32.2. The number of rotatable bonds is 6. The number of carbonyl (C=O) groups is 1. The average Bonchev–Trinajstić information content (AvgIpc) is 2.27. The van der Waals surface area contributed by atoms with Crippen LogP contribution in [0.1, 0.15) is 43.9 Å². The van der Waals surface area contributed by atoms with E-state index >= 15 is 0 Å². The minimum Gasteiger partial charge on any atom is -0.351 e. The Morgan fingerprint density at radius 2 is 1.79 bits per heavy atom. The van der Waals surface area contributed by atoms with Gasteiger partial charge >= 0.3 is 0 Å². The zero-order valence-corrected chi connectivity index (χ0v) is 13.5. The second-order valence-electron chi connectivity index (χ2n) is 5.77. The summed E-state index contributed by atoms with van der Waals surface area (Å²) < 4.78 is 0. The standard InChI is InChI=1S/C16H25NOS/c1-6-16(4,5)17-15(18)11-19-10-14-8-12(2)7-13(3)9-14/h7-9H,6,10-11H2,1-5H3,(H,17,18). The third kappa shape index (κ3) is 6.15. The Kier molecular flexibility index (Phi) is 5.92. The van der Waals surface area contributed by atoms with E-state index in [0.29, 0.717) is 5.75 Å². The van der Waals surface area contributed by atoms with Gasteiger partial charge in [-0.1, -0.05) is 36.2 Å². The molecule has 0 aliphatic carbocycles. The monoisotopic (exact) mass is 279 g/mol. The van der Waals surface area contributed by atoms with Crippen molar-refractivity contribution >= 4 is 17.7 Å². The maximum Gasteiger partial charge on any atom is 0.230 e. The molecule has 0 heterocycles. The van der Waals surface area contributed by atoms with Crippen molar-refractivity contribution in [2.24, 2.45) is 0 Å². The van der Waals surface area contributed by atoms with E-state index in [9.17, 15) is 4.79 Å². The predicted octanol–water partition coefficient (Wildman–Crippen LogP) is 3.84. The van der Waals surface area contributed by atoms with Crippen molar-refractivity contribution in [1.29, 1.82) is 0 Å². The number of hydrogen-bond donors (Lipinski definition) is 1. The first-order valence-electron chi connectivity index (χ1n) is 6.78. The number of benzene rings is 1. The van der Waals surface area contributed by atoms with E-state index in [1.165, 1.54) is 16.7 Å². The molecule has 0 aliphatic heterocycles. The van der Waals surface area contributed by atoms with Crippen molar-refractivity contribution in [1.82, 2.24) is 5.32 Å². The van der Waals surface area contributed by atoms with Gasteiger partial charge in [-0.2, -0.15) is 0 Å². The summed E-state index contributed by atoms with van der Waals surface area (Å²) in [4.78, 5) is 11.8. The van der Waals surface area contributed by atoms with Crippen molar-refractivity contribution in [2.45, 2.75) is 52.3 Å². The fourth-order valence-electron chi connectivity index (χ4n) is 1.92. The fourth-order valence-corrected chi connectivity index (χ4v) is 2.68. The van der Waals surface area contributed by atoms with Crippen LogP contribution in [0, 0.1) is 13.8 Å². The van der Waals surface area contributed by atoms with Crippen LogP contribution in [0.4, 0.5) is 0 Å². The number of thioether (sulfide) groups is 1. The maximum atomic E-state index is 11.8. The van der Waals surface area contributed by atoms with Gasteiger partial charge in [0.05, 0.1) is 5.75 Å². The molecule has 1 rings (SSSR count). The average molecular weight is 279 g/mol. The Morgan fingerprint density at radius 3 is 2.32 bits per heavy atom. The fraction of sp³-hybridized carbons (Fsp3) is 0.562. The van der Waals surface area contributed by atoms with Crippen LogP contribution in [-0.4, -0.2) is 17.2 Å². The first kappa shape index (κ1) is 16.1.